The van der Waals surface area contributed by atoms with E-state index in [1.54, 1.807) is 6.07 Å². The second-order valence-electron chi connectivity index (χ2n) is 7.01. The minimum Gasteiger partial charge on any atom is -0.373 e. The van der Waals surface area contributed by atoms with Gasteiger partial charge in [0.2, 0.25) is 10.0 Å². The Balaban J connectivity index is 2.17. The van der Waals surface area contributed by atoms with Gasteiger partial charge in [-0.25, -0.2) is 8.42 Å². The van der Waals surface area contributed by atoms with Gasteiger partial charge in [-0.3, -0.25) is 4.79 Å². The average molecular weight is 432 g/mol. The van der Waals surface area contributed by atoms with Gasteiger partial charge in [-0.1, -0.05) is 25.4 Å². The molecule has 2 atom stereocenters. The van der Waals surface area contributed by atoms with Crippen LogP contribution in [0.15, 0.2) is 23.1 Å². The van der Waals surface area contributed by atoms with Crippen LogP contribution in [0, 0.1) is 0 Å². The molecule has 1 aromatic rings. The average Bonchev–Trinajstić information content (AvgIpc) is 2.64. The summed E-state index contributed by atoms with van der Waals surface area (Å²) in [7, 11) is -3.82. The molecular formula is C19H30ClN3O4S. The van der Waals surface area contributed by atoms with Gasteiger partial charge in [-0.15, -0.1) is 0 Å². The zero-order chi connectivity index (χ0) is 20.9. The first-order valence-corrected chi connectivity index (χ1v) is 11.5. The minimum absolute atomic E-state index is 0.0492. The van der Waals surface area contributed by atoms with E-state index in [-0.39, 0.29) is 46.7 Å². The van der Waals surface area contributed by atoms with Crippen LogP contribution >= 0.6 is 11.6 Å². The Bertz CT molecular complexity index is 773. The van der Waals surface area contributed by atoms with Crippen LogP contribution in [-0.2, 0) is 14.8 Å². The van der Waals surface area contributed by atoms with E-state index in [1.165, 1.54) is 16.4 Å². The van der Waals surface area contributed by atoms with Crippen molar-refractivity contribution in [2.75, 3.05) is 39.3 Å². The van der Waals surface area contributed by atoms with Crippen LogP contribution in [0.3, 0.4) is 0 Å². The first kappa shape index (κ1) is 23.1. The summed E-state index contributed by atoms with van der Waals surface area (Å²) in [5.41, 5.74) is 0.275. The predicted octanol–water partition coefficient (Wildman–Crippen LogP) is 2.21. The number of hydrogen-bond acceptors (Lipinski definition) is 5. The maximum absolute atomic E-state index is 13.1. The Morgan fingerprint density at radius 2 is 1.86 bits per heavy atom. The van der Waals surface area contributed by atoms with Crippen molar-refractivity contribution in [3.05, 3.63) is 28.8 Å². The molecule has 0 spiro atoms. The highest BCUT2D eigenvalue weighted by molar-refractivity contribution is 7.89. The van der Waals surface area contributed by atoms with Gasteiger partial charge in [0.15, 0.2) is 0 Å². The SMILES string of the molecule is CCN(CC)CCNC(=O)c1ccc(Cl)c(S(=O)(=O)N2CC(C)OC(C)C2)c1. The molecule has 28 heavy (non-hydrogen) atoms. The minimum atomic E-state index is -3.82. The number of benzene rings is 1. The number of rotatable bonds is 8. The quantitative estimate of drug-likeness (QED) is 0.682. The van der Waals surface area contributed by atoms with Crippen molar-refractivity contribution in [2.45, 2.75) is 44.8 Å². The smallest absolute Gasteiger partial charge is 0.251 e. The van der Waals surface area contributed by atoms with Gasteiger partial charge < -0.3 is 15.0 Å². The van der Waals surface area contributed by atoms with Crippen LogP contribution < -0.4 is 5.32 Å². The third-order valence-electron chi connectivity index (χ3n) is 4.81. The van der Waals surface area contributed by atoms with E-state index in [4.69, 9.17) is 16.3 Å². The number of nitrogens with zero attached hydrogens (tertiary/aromatic N) is 2. The van der Waals surface area contributed by atoms with Crippen molar-refractivity contribution >= 4 is 27.5 Å². The van der Waals surface area contributed by atoms with Crippen LogP contribution in [0.1, 0.15) is 38.1 Å². The van der Waals surface area contributed by atoms with Crippen molar-refractivity contribution < 1.29 is 17.9 Å². The van der Waals surface area contributed by atoms with Crippen molar-refractivity contribution in [2.24, 2.45) is 0 Å². The first-order chi connectivity index (χ1) is 13.2. The van der Waals surface area contributed by atoms with E-state index in [0.717, 1.165) is 19.6 Å². The molecule has 1 aliphatic heterocycles. The van der Waals surface area contributed by atoms with Gasteiger partial charge in [-0.2, -0.15) is 4.31 Å². The van der Waals surface area contributed by atoms with E-state index in [0.29, 0.717) is 6.54 Å². The molecule has 0 bridgehead atoms. The van der Waals surface area contributed by atoms with Crippen LogP contribution in [0.25, 0.3) is 0 Å². The molecule has 1 amide bonds. The normalized spacial score (nSPS) is 21.1. The molecule has 7 nitrogen and oxygen atoms in total. The Morgan fingerprint density at radius 1 is 1.25 bits per heavy atom. The summed E-state index contributed by atoms with van der Waals surface area (Å²) in [6, 6.07) is 4.36. The fourth-order valence-electron chi connectivity index (χ4n) is 3.28. The van der Waals surface area contributed by atoms with Gasteiger partial charge >= 0.3 is 0 Å². The number of ether oxygens (including phenoxy) is 1. The lowest BCUT2D eigenvalue weighted by Crippen LogP contribution is -2.48. The summed E-state index contributed by atoms with van der Waals surface area (Å²) in [5.74, 6) is -0.316. The van der Waals surface area contributed by atoms with Gasteiger partial charge in [0.1, 0.15) is 4.90 Å². The molecular weight excluding hydrogens is 402 g/mol. The number of amides is 1. The number of hydrogen-bond donors (Lipinski definition) is 1. The number of carbonyl (C=O) groups excluding carboxylic acids is 1. The van der Waals surface area contributed by atoms with Crippen LogP contribution in [-0.4, -0.2) is 75.0 Å². The molecule has 2 unspecified atom stereocenters. The molecule has 1 aromatic carbocycles. The Morgan fingerprint density at radius 3 is 2.43 bits per heavy atom. The number of morpholine rings is 1. The molecule has 9 heteroatoms. The second kappa shape index (κ2) is 10.0. The Hall–Kier alpha value is -1.19. The summed E-state index contributed by atoms with van der Waals surface area (Å²) in [6.07, 6.45) is -0.410. The van der Waals surface area contributed by atoms with Crippen molar-refractivity contribution in [3.63, 3.8) is 0 Å². The topological polar surface area (TPSA) is 79.0 Å². The Labute approximate surface area is 173 Å². The van der Waals surface area contributed by atoms with Gasteiger partial charge in [-0.05, 0) is 45.1 Å². The summed E-state index contributed by atoms with van der Waals surface area (Å²) in [6.45, 7) is 11.3. The standard InChI is InChI=1S/C19H30ClN3O4S/c1-5-22(6-2)10-9-21-19(24)16-7-8-17(20)18(11-16)28(25,26)23-12-14(3)27-15(4)13-23/h7-8,11,14-15H,5-6,9-10,12-13H2,1-4H3,(H,21,24). The maximum atomic E-state index is 13.1. The summed E-state index contributed by atoms with van der Waals surface area (Å²) >= 11 is 6.19. The molecule has 0 radical (unpaired) electrons. The monoisotopic (exact) mass is 431 g/mol. The van der Waals surface area contributed by atoms with E-state index in [1.807, 2.05) is 13.8 Å². The molecule has 0 aliphatic carbocycles. The fourth-order valence-corrected chi connectivity index (χ4v) is 5.37. The summed E-state index contributed by atoms with van der Waals surface area (Å²) in [4.78, 5) is 14.6. The van der Waals surface area contributed by atoms with E-state index in [2.05, 4.69) is 24.1 Å². The first-order valence-electron chi connectivity index (χ1n) is 9.64. The van der Waals surface area contributed by atoms with Gasteiger partial charge in [0.05, 0.1) is 17.2 Å². The number of halogens is 1. The Kier molecular flexibility index (Phi) is 8.27. The lowest BCUT2D eigenvalue weighted by molar-refractivity contribution is -0.0440. The molecule has 0 aromatic heterocycles. The van der Waals surface area contributed by atoms with E-state index in [9.17, 15) is 13.2 Å². The highest BCUT2D eigenvalue weighted by Crippen LogP contribution is 2.28. The largest absolute Gasteiger partial charge is 0.373 e. The molecule has 1 fully saturated rings. The highest BCUT2D eigenvalue weighted by atomic mass is 35.5. The lowest BCUT2D eigenvalue weighted by Gasteiger charge is -2.34. The molecule has 1 N–H and O–H groups in total. The third kappa shape index (κ3) is 5.67. The zero-order valence-corrected chi connectivity index (χ0v) is 18.5. The molecule has 1 aliphatic rings. The zero-order valence-electron chi connectivity index (χ0n) is 16.9. The third-order valence-corrected chi connectivity index (χ3v) is 7.12. The maximum Gasteiger partial charge on any atom is 0.251 e. The summed E-state index contributed by atoms with van der Waals surface area (Å²) in [5, 5.41) is 2.94. The summed E-state index contributed by atoms with van der Waals surface area (Å²) < 4.78 is 33.2. The number of carbonyl (C=O) groups is 1. The number of likely N-dealkylation sites (N-methyl/N-ethyl adjacent to an activating group) is 1. The van der Waals surface area contributed by atoms with Crippen LogP contribution in [0.5, 0.6) is 0 Å². The molecule has 1 saturated heterocycles. The molecule has 158 valence electrons. The predicted molar refractivity (Wildman–Crippen MR) is 110 cm³/mol. The van der Waals surface area contributed by atoms with Crippen LogP contribution in [0.4, 0.5) is 0 Å². The number of sulfonamides is 1. The van der Waals surface area contributed by atoms with Crippen molar-refractivity contribution in [1.82, 2.24) is 14.5 Å². The van der Waals surface area contributed by atoms with Crippen LogP contribution in [0.2, 0.25) is 5.02 Å². The van der Waals surface area contributed by atoms with Crippen molar-refractivity contribution in [1.29, 1.82) is 0 Å². The number of nitrogens with one attached hydrogen (secondary N) is 1. The van der Waals surface area contributed by atoms with Gasteiger partial charge in [0.25, 0.3) is 5.91 Å². The molecule has 2 rings (SSSR count). The van der Waals surface area contributed by atoms with Gasteiger partial charge in [0, 0.05) is 31.7 Å². The fraction of sp³-hybridized carbons (Fsp3) is 0.632. The molecule has 1 heterocycles. The molecule has 0 saturated carbocycles. The highest BCUT2D eigenvalue weighted by Gasteiger charge is 2.33. The van der Waals surface area contributed by atoms with E-state index >= 15 is 0 Å². The second-order valence-corrected chi connectivity index (χ2v) is 9.32. The van der Waals surface area contributed by atoms with E-state index < -0.39 is 10.0 Å². The van der Waals surface area contributed by atoms with Crippen molar-refractivity contribution in [3.8, 4) is 0 Å². The lowest BCUT2D eigenvalue weighted by atomic mass is 10.2.